The molecular weight excluding hydrogens is 363 g/mol. The molecule has 2 aromatic heterocycles. The lowest BCUT2D eigenvalue weighted by atomic mass is 10.1. The van der Waals surface area contributed by atoms with Crippen LogP contribution in [0.4, 0.5) is 13.2 Å². The van der Waals surface area contributed by atoms with E-state index in [1.54, 1.807) is 30.3 Å². The van der Waals surface area contributed by atoms with E-state index in [1.165, 1.54) is 19.9 Å². The van der Waals surface area contributed by atoms with Gasteiger partial charge in [-0.1, -0.05) is 35.5 Å². The molecule has 0 N–H and O–H groups in total. The first-order valence-corrected chi connectivity index (χ1v) is 8.06. The summed E-state index contributed by atoms with van der Waals surface area (Å²) in [5, 5.41) is 3.70. The summed E-state index contributed by atoms with van der Waals surface area (Å²) in [7, 11) is 0. The number of hydrogen-bond acceptors (Lipinski definition) is 4. The molecule has 0 unspecified atom stereocenters. The smallest absolute Gasteiger partial charge is 0.339 e. The van der Waals surface area contributed by atoms with Crippen LogP contribution < -0.4 is 5.76 Å². The molecule has 0 bridgehead atoms. The molecule has 0 fully saturated rings. The number of Topliss-reactive ketones (excluding diaryl/α,β-unsaturated/α-hetero) is 1. The van der Waals surface area contributed by atoms with E-state index in [-0.39, 0.29) is 23.6 Å². The van der Waals surface area contributed by atoms with E-state index < -0.39 is 24.3 Å². The van der Waals surface area contributed by atoms with Gasteiger partial charge in [0.1, 0.15) is 6.54 Å². The Bertz CT molecular complexity index is 1030. The Labute approximate surface area is 151 Å². The van der Waals surface area contributed by atoms with Crippen molar-refractivity contribution in [1.82, 2.24) is 14.3 Å². The molecule has 0 atom stereocenters. The minimum Gasteiger partial charge on any atom is -0.339 e. The van der Waals surface area contributed by atoms with Crippen molar-refractivity contribution >= 4 is 5.78 Å². The lowest BCUT2D eigenvalue weighted by molar-refractivity contribution is -0.141. The molecular formula is C18H16F3N3O3. The van der Waals surface area contributed by atoms with Crippen LogP contribution in [0.25, 0.3) is 11.4 Å². The van der Waals surface area contributed by atoms with Crippen LogP contribution in [0.1, 0.15) is 21.7 Å². The van der Waals surface area contributed by atoms with E-state index in [2.05, 4.69) is 9.68 Å². The lowest BCUT2D eigenvalue weighted by Gasteiger charge is -2.12. The first-order chi connectivity index (χ1) is 12.7. The third-order valence-corrected chi connectivity index (χ3v) is 4.23. The number of ketones is 1. The summed E-state index contributed by atoms with van der Waals surface area (Å²) in [6, 6.07) is 10.1. The number of carbonyl (C=O) groups excluding carboxylic acids is 1. The van der Waals surface area contributed by atoms with Crippen LogP contribution in [0.5, 0.6) is 0 Å². The molecule has 0 saturated heterocycles. The summed E-state index contributed by atoms with van der Waals surface area (Å²) in [5.41, 5.74) is 1.22. The molecule has 2 heterocycles. The van der Waals surface area contributed by atoms with Gasteiger partial charge in [0.25, 0.3) is 0 Å². The lowest BCUT2D eigenvalue weighted by Crippen LogP contribution is -2.22. The van der Waals surface area contributed by atoms with Gasteiger partial charge in [0.15, 0.2) is 11.6 Å². The second kappa shape index (κ2) is 6.90. The quantitative estimate of drug-likeness (QED) is 0.638. The van der Waals surface area contributed by atoms with E-state index in [4.69, 9.17) is 0 Å². The van der Waals surface area contributed by atoms with E-state index in [0.29, 0.717) is 11.3 Å². The Morgan fingerprint density at radius 3 is 2.44 bits per heavy atom. The number of benzene rings is 1. The van der Waals surface area contributed by atoms with Crippen molar-refractivity contribution < 1.29 is 22.5 Å². The number of aryl methyl sites for hydroxylation is 1. The Kier molecular flexibility index (Phi) is 4.77. The second-order valence-corrected chi connectivity index (χ2v) is 6.13. The summed E-state index contributed by atoms with van der Waals surface area (Å²) >= 11 is 0. The highest BCUT2D eigenvalue weighted by Gasteiger charge is 2.30. The number of hydrogen-bond donors (Lipinski definition) is 0. The number of carbonyl (C=O) groups is 1. The SMILES string of the molecule is Cc1cc(C(=O)Cn2c(-c3ccccc3)noc2=O)c(C)n1CC(F)(F)F. The summed E-state index contributed by atoms with van der Waals surface area (Å²) in [6.45, 7) is 1.38. The molecule has 6 nitrogen and oxygen atoms in total. The molecule has 3 aromatic rings. The van der Waals surface area contributed by atoms with Crippen LogP contribution in [0.2, 0.25) is 0 Å². The monoisotopic (exact) mass is 379 g/mol. The van der Waals surface area contributed by atoms with Gasteiger partial charge in [-0.05, 0) is 19.9 Å². The molecule has 3 rings (SSSR count). The van der Waals surface area contributed by atoms with Crippen LogP contribution in [0.15, 0.2) is 45.7 Å². The first kappa shape index (κ1) is 18.7. The Balaban J connectivity index is 1.93. The largest absolute Gasteiger partial charge is 0.442 e. The van der Waals surface area contributed by atoms with Gasteiger partial charge < -0.3 is 4.57 Å². The zero-order chi connectivity index (χ0) is 19.8. The second-order valence-electron chi connectivity index (χ2n) is 6.13. The minimum atomic E-state index is -4.40. The molecule has 27 heavy (non-hydrogen) atoms. The molecule has 0 radical (unpaired) electrons. The molecule has 1 aromatic carbocycles. The number of alkyl halides is 3. The van der Waals surface area contributed by atoms with Crippen molar-refractivity contribution in [3.05, 3.63) is 63.9 Å². The van der Waals surface area contributed by atoms with Crippen LogP contribution in [0, 0.1) is 13.8 Å². The Hall–Kier alpha value is -3.10. The van der Waals surface area contributed by atoms with Gasteiger partial charge in [0.2, 0.25) is 0 Å². The molecule has 142 valence electrons. The van der Waals surface area contributed by atoms with Crippen molar-refractivity contribution in [3.8, 4) is 11.4 Å². The van der Waals surface area contributed by atoms with Crippen molar-refractivity contribution in [2.45, 2.75) is 33.1 Å². The predicted molar refractivity (Wildman–Crippen MR) is 90.5 cm³/mol. The Morgan fingerprint density at radius 1 is 1.15 bits per heavy atom. The molecule has 0 aliphatic carbocycles. The highest BCUT2D eigenvalue weighted by atomic mass is 19.4. The van der Waals surface area contributed by atoms with Gasteiger partial charge >= 0.3 is 11.9 Å². The van der Waals surface area contributed by atoms with Crippen LogP contribution in [-0.4, -0.2) is 26.3 Å². The summed E-state index contributed by atoms with van der Waals surface area (Å²) in [4.78, 5) is 24.6. The Morgan fingerprint density at radius 2 is 1.81 bits per heavy atom. The minimum absolute atomic E-state index is 0.129. The van der Waals surface area contributed by atoms with Crippen molar-refractivity contribution in [2.75, 3.05) is 0 Å². The molecule has 0 spiro atoms. The molecule has 0 aliphatic heterocycles. The van der Waals surface area contributed by atoms with Gasteiger partial charge in [-0.2, -0.15) is 13.2 Å². The standard InChI is InChI=1S/C18H16F3N3O3/c1-11-8-14(12(2)24(11)10-18(19,20)21)15(25)9-23-16(22-27-17(23)26)13-6-4-3-5-7-13/h3-8H,9-10H2,1-2H3. The number of nitrogens with zero attached hydrogens (tertiary/aromatic N) is 3. The predicted octanol–water partition coefficient (Wildman–Crippen LogP) is 3.37. The maximum Gasteiger partial charge on any atom is 0.442 e. The maximum absolute atomic E-state index is 12.7. The molecule has 0 aliphatic rings. The number of rotatable bonds is 5. The first-order valence-electron chi connectivity index (χ1n) is 8.06. The van der Waals surface area contributed by atoms with Crippen LogP contribution >= 0.6 is 0 Å². The van der Waals surface area contributed by atoms with Crippen molar-refractivity contribution in [3.63, 3.8) is 0 Å². The number of halogens is 3. The fraction of sp³-hybridized carbons (Fsp3) is 0.278. The zero-order valence-electron chi connectivity index (χ0n) is 14.6. The maximum atomic E-state index is 12.7. The zero-order valence-corrected chi connectivity index (χ0v) is 14.6. The van der Waals surface area contributed by atoms with E-state index in [9.17, 15) is 22.8 Å². The van der Waals surface area contributed by atoms with Crippen molar-refractivity contribution in [1.29, 1.82) is 0 Å². The van der Waals surface area contributed by atoms with Gasteiger partial charge in [-0.3, -0.25) is 9.32 Å². The summed E-state index contributed by atoms with van der Waals surface area (Å²) in [6.07, 6.45) is -4.40. The van der Waals surface area contributed by atoms with E-state index >= 15 is 0 Å². The normalized spacial score (nSPS) is 11.7. The molecule has 0 saturated carbocycles. The topological polar surface area (TPSA) is 70.0 Å². The highest BCUT2D eigenvalue weighted by Crippen LogP contribution is 2.24. The van der Waals surface area contributed by atoms with E-state index in [1.807, 2.05) is 0 Å². The van der Waals surface area contributed by atoms with Gasteiger partial charge in [0.05, 0.1) is 6.54 Å². The highest BCUT2D eigenvalue weighted by molar-refractivity contribution is 5.97. The average Bonchev–Trinajstić information content (AvgIpc) is 3.09. The van der Waals surface area contributed by atoms with Gasteiger partial charge in [0, 0.05) is 22.5 Å². The van der Waals surface area contributed by atoms with Gasteiger partial charge in [-0.25, -0.2) is 9.36 Å². The van der Waals surface area contributed by atoms with Crippen LogP contribution in [0.3, 0.4) is 0 Å². The van der Waals surface area contributed by atoms with E-state index in [0.717, 1.165) is 9.13 Å². The van der Waals surface area contributed by atoms with Gasteiger partial charge in [-0.15, -0.1) is 0 Å². The fourth-order valence-electron chi connectivity index (χ4n) is 2.94. The fourth-order valence-corrected chi connectivity index (χ4v) is 2.94. The third-order valence-electron chi connectivity index (χ3n) is 4.23. The number of aromatic nitrogens is 3. The third kappa shape index (κ3) is 3.86. The summed E-state index contributed by atoms with van der Waals surface area (Å²) < 4.78 is 45.0. The van der Waals surface area contributed by atoms with Crippen molar-refractivity contribution in [2.24, 2.45) is 0 Å². The molecule has 9 heteroatoms. The van der Waals surface area contributed by atoms with Crippen LogP contribution in [-0.2, 0) is 13.1 Å². The molecule has 0 amide bonds. The average molecular weight is 379 g/mol. The summed E-state index contributed by atoms with van der Waals surface area (Å²) in [5.74, 6) is -1.14.